The van der Waals surface area contributed by atoms with Gasteiger partial charge in [0.1, 0.15) is 24.1 Å². The van der Waals surface area contributed by atoms with E-state index in [1.54, 1.807) is 42.3 Å². The number of thiocarbonyl (C=S) groups is 1. The predicted octanol–water partition coefficient (Wildman–Crippen LogP) is 3.66. The van der Waals surface area contributed by atoms with Crippen molar-refractivity contribution in [1.82, 2.24) is 15.2 Å². The molecule has 0 saturated carbocycles. The summed E-state index contributed by atoms with van der Waals surface area (Å²) in [6.07, 6.45) is 1.71. The van der Waals surface area contributed by atoms with E-state index in [0.29, 0.717) is 22.2 Å². The van der Waals surface area contributed by atoms with Crippen LogP contribution in [-0.4, -0.2) is 47.2 Å². The summed E-state index contributed by atoms with van der Waals surface area (Å²) in [7, 11) is 1.34. The highest BCUT2D eigenvalue weighted by Crippen LogP contribution is 2.40. The smallest absolute Gasteiger partial charge is 0.337 e. The van der Waals surface area contributed by atoms with Gasteiger partial charge in [-0.15, -0.1) is 0 Å². The van der Waals surface area contributed by atoms with Gasteiger partial charge in [0, 0.05) is 11.8 Å². The molecular weight excluding hydrogens is 442 g/mol. The fourth-order valence-electron chi connectivity index (χ4n) is 3.79. The molecular formula is C24H23N3O5S. The zero-order valence-corrected chi connectivity index (χ0v) is 19.0. The van der Waals surface area contributed by atoms with Gasteiger partial charge in [0.05, 0.1) is 31.0 Å². The number of carbonyl (C=O) groups excluding carboxylic acids is 2. The number of esters is 2. The number of hydrogen-bond acceptors (Lipinski definition) is 7. The number of nitrogens with one attached hydrogen (secondary N) is 1. The Labute approximate surface area is 196 Å². The van der Waals surface area contributed by atoms with Crippen LogP contribution in [0.2, 0.25) is 0 Å². The zero-order chi connectivity index (χ0) is 23.4. The first kappa shape index (κ1) is 22.5. The average Bonchev–Trinajstić information content (AvgIpc) is 3.44. The maximum Gasteiger partial charge on any atom is 0.337 e. The average molecular weight is 466 g/mol. The van der Waals surface area contributed by atoms with Gasteiger partial charge < -0.3 is 24.1 Å². The molecule has 3 aromatic rings. The number of pyridine rings is 1. The second-order valence-electron chi connectivity index (χ2n) is 7.33. The molecule has 8 nitrogen and oxygen atoms in total. The van der Waals surface area contributed by atoms with E-state index >= 15 is 0 Å². The number of benzene rings is 1. The van der Waals surface area contributed by atoms with E-state index < -0.39 is 12.0 Å². The highest BCUT2D eigenvalue weighted by molar-refractivity contribution is 7.80. The Hall–Kier alpha value is -3.72. The van der Waals surface area contributed by atoms with E-state index in [-0.39, 0.29) is 25.2 Å². The SMILES string of the molecule is CCOC(=O)CN1C(=S)N[C@H](c2ccccn2)[C@@H]1c1ccc(-c2ccc(C(=O)OC)cc2)o1. The van der Waals surface area contributed by atoms with Crippen LogP contribution in [0.4, 0.5) is 0 Å². The Balaban J connectivity index is 1.67. The second-order valence-corrected chi connectivity index (χ2v) is 7.72. The Kier molecular flexibility index (Phi) is 6.69. The summed E-state index contributed by atoms with van der Waals surface area (Å²) in [5, 5.41) is 3.69. The molecule has 1 aromatic carbocycles. The molecule has 1 saturated heterocycles. The van der Waals surface area contributed by atoms with Gasteiger partial charge in [-0.2, -0.15) is 0 Å². The molecule has 0 amide bonds. The van der Waals surface area contributed by atoms with Crippen molar-refractivity contribution in [3.63, 3.8) is 0 Å². The van der Waals surface area contributed by atoms with Crippen molar-refractivity contribution in [3.8, 4) is 11.3 Å². The number of furan rings is 1. The molecule has 170 valence electrons. The minimum atomic E-state index is -0.403. The summed E-state index contributed by atoms with van der Waals surface area (Å²) >= 11 is 5.54. The standard InChI is InChI=1S/C24H23N3O5S/c1-3-31-20(28)14-27-22(21(26-24(27)33)17-6-4-5-13-25-17)19-12-11-18(32-19)15-7-9-16(10-8-15)23(29)30-2/h4-13,21-22H,3,14H2,1-2H3,(H,26,33)/t21-,22+/m1/s1. The van der Waals surface area contributed by atoms with Crippen LogP contribution in [0.25, 0.3) is 11.3 Å². The molecule has 1 aliphatic rings. The fraction of sp³-hybridized carbons (Fsp3) is 0.250. The number of carbonyl (C=O) groups is 2. The second kappa shape index (κ2) is 9.83. The van der Waals surface area contributed by atoms with Gasteiger partial charge in [0.2, 0.25) is 0 Å². The molecule has 3 heterocycles. The fourth-order valence-corrected chi connectivity index (χ4v) is 4.09. The summed E-state index contributed by atoms with van der Waals surface area (Å²) < 4.78 is 16.1. The van der Waals surface area contributed by atoms with Crippen LogP contribution in [0.15, 0.2) is 65.2 Å². The van der Waals surface area contributed by atoms with E-state index in [1.807, 2.05) is 30.3 Å². The first-order valence-corrected chi connectivity index (χ1v) is 10.8. The van der Waals surface area contributed by atoms with Crippen LogP contribution in [0.3, 0.4) is 0 Å². The van der Waals surface area contributed by atoms with Gasteiger partial charge in [-0.25, -0.2) is 4.79 Å². The quantitative estimate of drug-likeness (QED) is 0.414. The lowest BCUT2D eigenvalue weighted by Crippen LogP contribution is -2.35. The maximum atomic E-state index is 12.3. The number of hydrogen-bond donors (Lipinski definition) is 1. The highest BCUT2D eigenvalue weighted by atomic mass is 32.1. The molecule has 1 fully saturated rings. The van der Waals surface area contributed by atoms with Crippen LogP contribution < -0.4 is 5.32 Å². The largest absolute Gasteiger partial charge is 0.465 e. The van der Waals surface area contributed by atoms with Gasteiger partial charge in [0.25, 0.3) is 0 Å². The molecule has 9 heteroatoms. The first-order valence-electron chi connectivity index (χ1n) is 10.4. The molecule has 0 spiro atoms. The summed E-state index contributed by atoms with van der Waals surface area (Å²) in [6.45, 7) is 2.03. The molecule has 1 aliphatic heterocycles. The summed E-state index contributed by atoms with van der Waals surface area (Å²) in [5.74, 6) is 0.461. The van der Waals surface area contributed by atoms with Crippen LogP contribution >= 0.6 is 12.2 Å². The van der Waals surface area contributed by atoms with Gasteiger partial charge in [0.15, 0.2) is 5.11 Å². The van der Waals surface area contributed by atoms with Crippen molar-refractivity contribution in [2.45, 2.75) is 19.0 Å². The third-order valence-electron chi connectivity index (χ3n) is 5.31. The number of methoxy groups -OCH3 is 1. The van der Waals surface area contributed by atoms with Crippen LogP contribution in [-0.2, 0) is 14.3 Å². The van der Waals surface area contributed by atoms with E-state index in [9.17, 15) is 9.59 Å². The third-order valence-corrected chi connectivity index (χ3v) is 5.66. The van der Waals surface area contributed by atoms with Crippen LogP contribution in [0.1, 0.15) is 40.8 Å². The molecule has 0 aliphatic carbocycles. The Bertz CT molecular complexity index is 1150. The van der Waals surface area contributed by atoms with Crippen molar-refractivity contribution in [3.05, 3.63) is 77.8 Å². The third kappa shape index (κ3) is 4.73. The van der Waals surface area contributed by atoms with Crippen molar-refractivity contribution in [2.24, 2.45) is 0 Å². The van der Waals surface area contributed by atoms with E-state index in [1.165, 1.54) is 7.11 Å². The summed E-state index contributed by atoms with van der Waals surface area (Å²) in [6, 6.07) is 15.6. The number of nitrogens with zero attached hydrogens (tertiary/aromatic N) is 2. The molecule has 33 heavy (non-hydrogen) atoms. The van der Waals surface area contributed by atoms with E-state index in [2.05, 4.69) is 10.3 Å². The molecule has 2 aromatic heterocycles. The Morgan fingerprint density at radius 2 is 1.94 bits per heavy atom. The molecule has 1 N–H and O–H groups in total. The Morgan fingerprint density at radius 3 is 2.61 bits per heavy atom. The topological polar surface area (TPSA) is 93.9 Å². The number of aromatic nitrogens is 1. The lowest BCUT2D eigenvalue weighted by Gasteiger charge is -2.25. The van der Waals surface area contributed by atoms with E-state index in [4.69, 9.17) is 26.1 Å². The van der Waals surface area contributed by atoms with Crippen molar-refractivity contribution >= 4 is 29.3 Å². The Morgan fingerprint density at radius 1 is 1.15 bits per heavy atom. The zero-order valence-electron chi connectivity index (χ0n) is 18.2. The molecule has 0 bridgehead atoms. The number of ether oxygens (including phenoxy) is 2. The van der Waals surface area contributed by atoms with Crippen molar-refractivity contribution < 1.29 is 23.5 Å². The van der Waals surface area contributed by atoms with Gasteiger partial charge in [-0.3, -0.25) is 9.78 Å². The van der Waals surface area contributed by atoms with E-state index in [0.717, 1.165) is 11.3 Å². The highest BCUT2D eigenvalue weighted by Gasteiger charge is 2.42. The summed E-state index contributed by atoms with van der Waals surface area (Å²) in [4.78, 5) is 30.2. The minimum Gasteiger partial charge on any atom is -0.465 e. The van der Waals surface area contributed by atoms with Gasteiger partial charge in [-0.1, -0.05) is 18.2 Å². The van der Waals surface area contributed by atoms with Crippen LogP contribution in [0.5, 0.6) is 0 Å². The maximum absolute atomic E-state index is 12.3. The summed E-state index contributed by atoms with van der Waals surface area (Å²) in [5.41, 5.74) is 2.03. The lowest BCUT2D eigenvalue weighted by molar-refractivity contribution is -0.143. The monoisotopic (exact) mass is 465 g/mol. The minimum absolute atomic E-state index is 0.0163. The normalized spacial score (nSPS) is 17.5. The molecule has 0 radical (unpaired) electrons. The van der Waals surface area contributed by atoms with Gasteiger partial charge in [-0.05, 0) is 55.5 Å². The van der Waals surface area contributed by atoms with Crippen LogP contribution in [0, 0.1) is 0 Å². The van der Waals surface area contributed by atoms with Crippen molar-refractivity contribution in [1.29, 1.82) is 0 Å². The number of rotatable bonds is 7. The lowest BCUT2D eigenvalue weighted by atomic mass is 10.0. The molecule has 4 rings (SSSR count). The first-order chi connectivity index (χ1) is 16.0. The predicted molar refractivity (Wildman–Crippen MR) is 124 cm³/mol. The van der Waals surface area contributed by atoms with Crippen molar-refractivity contribution in [2.75, 3.05) is 20.3 Å². The molecule has 2 atom stereocenters. The molecule has 0 unspecified atom stereocenters. The van der Waals surface area contributed by atoms with Gasteiger partial charge >= 0.3 is 11.9 Å².